The molecule has 0 radical (unpaired) electrons. The normalized spacial score (nSPS) is 10.2. The second-order valence-corrected chi connectivity index (χ2v) is 4.99. The maximum atomic E-state index is 12.6. The van der Waals surface area contributed by atoms with Crippen LogP contribution in [0.5, 0.6) is 0 Å². The quantitative estimate of drug-likeness (QED) is 0.763. The summed E-state index contributed by atoms with van der Waals surface area (Å²) in [5.74, 6) is -0.483. The van der Waals surface area contributed by atoms with Gasteiger partial charge in [0.25, 0.3) is 5.91 Å². The fourth-order valence-electron chi connectivity index (χ4n) is 2.21. The second-order valence-electron chi connectivity index (χ2n) is 4.99. The highest BCUT2D eigenvalue weighted by molar-refractivity contribution is 6.07. The molecule has 2 amide bonds. The van der Waals surface area contributed by atoms with Crippen LogP contribution in [0.25, 0.3) is 5.69 Å². The van der Waals surface area contributed by atoms with Crippen LogP contribution in [0.4, 0.5) is 11.4 Å². The van der Waals surface area contributed by atoms with E-state index in [1.165, 1.54) is 17.9 Å². The zero-order chi connectivity index (χ0) is 16.9. The fourth-order valence-corrected chi connectivity index (χ4v) is 2.21. The number of benzene rings is 2. The minimum atomic E-state index is -0.305. The van der Waals surface area contributed by atoms with Crippen molar-refractivity contribution in [3.8, 4) is 5.69 Å². The van der Waals surface area contributed by atoms with Crippen molar-refractivity contribution >= 4 is 23.2 Å². The van der Waals surface area contributed by atoms with E-state index in [0.717, 1.165) is 0 Å². The summed E-state index contributed by atoms with van der Waals surface area (Å²) in [4.78, 5) is 23.7. The zero-order valence-corrected chi connectivity index (χ0v) is 12.8. The van der Waals surface area contributed by atoms with Crippen LogP contribution in [0, 0.1) is 0 Å². The molecule has 120 valence electrons. The number of amides is 2. The Morgan fingerprint density at radius 1 is 1.00 bits per heavy atom. The predicted octanol–water partition coefficient (Wildman–Crippen LogP) is 1.87. The number of anilines is 2. The van der Waals surface area contributed by atoms with Crippen molar-refractivity contribution in [2.24, 2.45) is 0 Å². The Hall–Kier alpha value is -3.55. The Bertz CT molecular complexity index is 876. The summed E-state index contributed by atoms with van der Waals surface area (Å²) in [7, 11) is 0. The molecule has 8 nitrogen and oxygen atoms in total. The topological polar surface area (TPSA) is 102 Å². The summed E-state index contributed by atoms with van der Waals surface area (Å²) >= 11 is 0. The van der Waals surface area contributed by atoms with Gasteiger partial charge in [0.15, 0.2) is 0 Å². The molecule has 1 heterocycles. The molecule has 0 atom stereocenters. The molecule has 2 aromatic carbocycles. The van der Waals surface area contributed by atoms with Crippen molar-refractivity contribution in [2.45, 2.75) is 6.92 Å². The maximum absolute atomic E-state index is 12.6. The Morgan fingerprint density at radius 3 is 2.46 bits per heavy atom. The van der Waals surface area contributed by atoms with Crippen LogP contribution in [0.3, 0.4) is 0 Å². The van der Waals surface area contributed by atoms with Gasteiger partial charge < -0.3 is 10.6 Å². The molecule has 3 aromatic rings. The molecule has 0 unspecified atom stereocenters. The van der Waals surface area contributed by atoms with E-state index in [-0.39, 0.29) is 11.8 Å². The SMILES string of the molecule is CC(=O)Nc1cccc(NC(=O)c2ccccc2-n2cnnn2)c1. The van der Waals surface area contributed by atoms with Gasteiger partial charge in [0, 0.05) is 18.3 Å². The number of para-hydroxylation sites is 1. The summed E-state index contributed by atoms with van der Waals surface area (Å²) in [5.41, 5.74) is 2.17. The van der Waals surface area contributed by atoms with Gasteiger partial charge >= 0.3 is 0 Å². The monoisotopic (exact) mass is 322 g/mol. The van der Waals surface area contributed by atoms with Gasteiger partial charge in [0.1, 0.15) is 6.33 Å². The minimum absolute atomic E-state index is 0.178. The first kappa shape index (κ1) is 15.3. The summed E-state index contributed by atoms with van der Waals surface area (Å²) in [6.07, 6.45) is 1.42. The molecule has 3 rings (SSSR count). The van der Waals surface area contributed by atoms with E-state index in [9.17, 15) is 9.59 Å². The van der Waals surface area contributed by atoms with Crippen LogP contribution in [0.1, 0.15) is 17.3 Å². The number of aromatic nitrogens is 4. The zero-order valence-electron chi connectivity index (χ0n) is 12.8. The highest BCUT2D eigenvalue weighted by Crippen LogP contribution is 2.18. The third-order valence-electron chi connectivity index (χ3n) is 3.19. The molecule has 1 aromatic heterocycles. The molecule has 2 N–H and O–H groups in total. The summed E-state index contributed by atoms with van der Waals surface area (Å²) in [6, 6.07) is 13.9. The van der Waals surface area contributed by atoms with Crippen LogP contribution in [-0.4, -0.2) is 32.0 Å². The van der Waals surface area contributed by atoms with Crippen molar-refractivity contribution in [2.75, 3.05) is 10.6 Å². The van der Waals surface area contributed by atoms with Gasteiger partial charge in [-0.05, 0) is 40.8 Å². The average molecular weight is 322 g/mol. The number of rotatable bonds is 4. The highest BCUT2D eigenvalue weighted by Gasteiger charge is 2.13. The van der Waals surface area contributed by atoms with Crippen LogP contribution in [0.2, 0.25) is 0 Å². The van der Waals surface area contributed by atoms with E-state index < -0.39 is 0 Å². The summed E-state index contributed by atoms with van der Waals surface area (Å²) < 4.78 is 1.42. The van der Waals surface area contributed by atoms with Crippen molar-refractivity contribution in [1.82, 2.24) is 20.2 Å². The first-order valence-electron chi connectivity index (χ1n) is 7.15. The number of carbonyl (C=O) groups excluding carboxylic acids is 2. The molecule has 0 aliphatic carbocycles. The third kappa shape index (κ3) is 3.43. The van der Waals surface area contributed by atoms with Crippen molar-refractivity contribution in [3.05, 3.63) is 60.4 Å². The van der Waals surface area contributed by atoms with Crippen LogP contribution in [0.15, 0.2) is 54.9 Å². The predicted molar refractivity (Wildman–Crippen MR) is 87.9 cm³/mol. The van der Waals surface area contributed by atoms with Gasteiger partial charge in [0.2, 0.25) is 5.91 Å². The van der Waals surface area contributed by atoms with E-state index >= 15 is 0 Å². The first-order chi connectivity index (χ1) is 11.6. The van der Waals surface area contributed by atoms with Crippen molar-refractivity contribution < 1.29 is 9.59 Å². The molecular weight excluding hydrogens is 308 g/mol. The van der Waals surface area contributed by atoms with E-state index in [4.69, 9.17) is 0 Å². The molecule has 0 spiro atoms. The lowest BCUT2D eigenvalue weighted by molar-refractivity contribution is -0.114. The first-order valence-corrected chi connectivity index (χ1v) is 7.15. The molecule has 0 bridgehead atoms. The van der Waals surface area contributed by atoms with E-state index in [0.29, 0.717) is 22.6 Å². The largest absolute Gasteiger partial charge is 0.326 e. The Kier molecular flexibility index (Phi) is 4.28. The molecule has 0 fully saturated rings. The van der Waals surface area contributed by atoms with Gasteiger partial charge in [-0.1, -0.05) is 18.2 Å². The second kappa shape index (κ2) is 6.69. The number of hydrogen-bond acceptors (Lipinski definition) is 5. The van der Waals surface area contributed by atoms with Crippen LogP contribution >= 0.6 is 0 Å². The maximum Gasteiger partial charge on any atom is 0.257 e. The molecule has 0 saturated carbocycles. The van der Waals surface area contributed by atoms with Gasteiger partial charge in [-0.25, -0.2) is 0 Å². The lowest BCUT2D eigenvalue weighted by atomic mass is 10.1. The summed E-state index contributed by atoms with van der Waals surface area (Å²) in [5, 5.41) is 16.4. The van der Waals surface area contributed by atoms with E-state index in [1.807, 2.05) is 0 Å². The third-order valence-corrected chi connectivity index (χ3v) is 3.19. The van der Waals surface area contributed by atoms with Gasteiger partial charge in [-0.3, -0.25) is 9.59 Å². The number of hydrogen-bond donors (Lipinski definition) is 2. The number of carbonyl (C=O) groups is 2. The molecule has 0 aliphatic rings. The fraction of sp³-hybridized carbons (Fsp3) is 0.0625. The average Bonchev–Trinajstić information content (AvgIpc) is 3.09. The van der Waals surface area contributed by atoms with Gasteiger partial charge in [0.05, 0.1) is 11.3 Å². The molecule has 8 heteroatoms. The standard InChI is InChI=1S/C16H14N6O2/c1-11(23)18-12-5-4-6-13(9-12)19-16(24)14-7-2-3-8-15(14)22-10-17-20-21-22/h2-10H,1H3,(H,18,23)(H,19,24). The number of tetrazole rings is 1. The van der Waals surface area contributed by atoms with Gasteiger partial charge in [-0.15, -0.1) is 5.10 Å². The molecular formula is C16H14N6O2. The molecule has 0 saturated heterocycles. The van der Waals surface area contributed by atoms with Gasteiger partial charge in [-0.2, -0.15) is 4.68 Å². The Balaban J connectivity index is 1.85. The smallest absolute Gasteiger partial charge is 0.257 e. The Labute approximate surface area is 137 Å². The summed E-state index contributed by atoms with van der Waals surface area (Å²) in [6.45, 7) is 1.42. The lowest BCUT2D eigenvalue weighted by Crippen LogP contribution is -2.15. The minimum Gasteiger partial charge on any atom is -0.326 e. The highest BCUT2D eigenvalue weighted by atomic mass is 16.2. The van der Waals surface area contributed by atoms with E-state index in [1.54, 1.807) is 48.5 Å². The van der Waals surface area contributed by atoms with Crippen molar-refractivity contribution in [1.29, 1.82) is 0 Å². The molecule has 24 heavy (non-hydrogen) atoms. The van der Waals surface area contributed by atoms with Crippen LogP contribution < -0.4 is 10.6 Å². The van der Waals surface area contributed by atoms with Crippen molar-refractivity contribution in [3.63, 3.8) is 0 Å². The van der Waals surface area contributed by atoms with Crippen LogP contribution in [-0.2, 0) is 4.79 Å². The Morgan fingerprint density at radius 2 is 1.75 bits per heavy atom. The molecule has 0 aliphatic heterocycles. The number of nitrogens with one attached hydrogen (secondary N) is 2. The lowest BCUT2D eigenvalue weighted by Gasteiger charge is -2.10. The number of nitrogens with zero attached hydrogens (tertiary/aromatic N) is 4. The van der Waals surface area contributed by atoms with E-state index in [2.05, 4.69) is 26.2 Å².